The fourth-order valence-electron chi connectivity index (χ4n) is 2.57. The van der Waals surface area contributed by atoms with Crippen LogP contribution >= 0.6 is 0 Å². The highest BCUT2D eigenvalue weighted by Gasteiger charge is 2.20. The van der Waals surface area contributed by atoms with E-state index in [1.54, 1.807) is 19.1 Å². The molecular weight excluding hydrogens is 364 g/mol. The quantitative estimate of drug-likeness (QED) is 0.747. The zero-order chi connectivity index (χ0) is 19.8. The van der Waals surface area contributed by atoms with Crippen molar-refractivity contribution >= 4 is 32.7 Å². The molecule has 3 rings (SSSR count). The molecule has 0 saturated heterocycles. The van der Waals surface area contributed by atoms with Crippen molar-refractivity contribution in [2.24, 2.45) is 0 Å². The Morgan fingerprint density at radius 1 is 1.07 bits per heavy atom. The van der Waals surface area contributed by atoms with Gasteiger partial charge in [-0.1, -0.05) is 12.1 Å². The van der Waals surface area contributed by atoms with E-state index in [-0.39, 0.29) is 10.6 Å². The molecule has 140 valence electrons. The van der Waals surface area contributed by atoms with Crippen molar-refractivity contribution in [3.63, 3.8) is 0 Å². The summed E-state index contributed by atoms with van der Waals surface area (Å²) in [6.07, 6.45) is 1.40. The SMILES string of the molecule is Cc1cc(S(=O)(=O)N(C)C)cc(NC(=O)c2cnc3ccccc3n2)c1C. The van der Waals surface area contributed by atoms with Gasteiger partial charge in [-0.3, -0.25) is 9.78 Å². The summed E-state index contributed by atoms with van der Waals surface area (Å²) < 4.78 is 26.0. The standard InChI is InChI=1S/C19H20N4O3S/c1-12-9-14(27(25,26)23(3)4)10-17(13(12)2)22-19(24)18-11-20-15-7-5-6-8-16(15)21-18/h5-11H,1-4H3,(H,22,24). The molecule has 0 fully saturated rings. The molecule has 0 aliphatic rings. The Bertz CT molecular complexity index is 1140. The van der Waals surface area contributed by atoms with Gasteiger partial charge in [0.15, 0.2) is 0 Å². The van der Waals surface area contributed by atoms with Crippen molar-refractivity contribution in [3.8, 4) is 0 Å². The normalized spacial score (nSPS) is 11.7. The van der Waals surface area contributed by atoms with Gasteiger partial charge in [-0.05, 0) is 49.2 Å². The van der Waals surface area contributed by atoms with Crippen LogP contribution in [-0.2, 0) is 10.0 Å². The number of anilines is 1. The molecule has 0 aliphatic heterocycles. The Morgan fingerprint density at radius 3 is 2.41 bits per heavy atom. The third kappa shape index (κ3) is 3.67. The van der Waals surface area contributed by atoms with Crippen LogP contribution in [0.1, 0.15) is 21.6 Å². The number of carbonyl (C=O) groups is 1. The first-order valence-corrected chi connectivity index (χ1v) is 9.71. The lowest BCUT2D eigenvalue weighted by molar-refractivity contribution is 0.102. The predicted molar refractivity (Wildman–Crippen MR) is 104 cm³/mol. The topological polar surface area (TPSA) is 92.3 Å². The smallest absolute Gasteiger partial charge is 0.275 e. The van der Waals surface area contributed by atoms with Crippen LogP contribution in [0.5, 0.6) is 0 Å². The van der Waals surface area contributed by atoms with Gasteiger partial charge < -0.3 is 5.32 Å². The molecule has 0 spiro atoms. The summed E-state index contributed by atoms with van der Waals surface area (Å²) in [4.78, 5) is 21.3. The zero-order valence-electron chi connectivity index (χ0n) is 15.5. The van der Waals surface area contributed by atoms with Gasteiger partial charge in [0, 0.05) is 19.8 Å². The van der Waals surface area contributed by atoms with E-state index in [4.69, 9.17) is 0 Å². The lowest BCUT2D eigenvalue weighted by Crippen LogP contribution is -2.23. The number of benzene rings is 2. The number of hydrogen-bond acceptors (Lipinski definition) is 5. The van der Waals surface area contributed by atoms with E-state index in [1.807, 2.05) is 25.1 Å². The second-order valence-electron chi connectivity index (χ2n) is 6.40. The minimum atomic E-state index is -3.61. The molecule has 8 heteroatoms. The predicted octanol–water partition coefficient (Wildman–Crippen LogP) is 2.75. The van der Waals surface area contributed by atoms with Gasteiger partial charge in [0.25, 0.3) is 5.91 Å². The molecule has 0 saturated carbocycles. The van der Waals surface area contributed by atoms with Crippen molar-refractivity contribution < 1.29 is 13.2 Å². The monoisotopic (exact) mass is 384 g/mol. The molecule has 0 atom stereocenters. The number of hydrogen-bond donors (Lipinski definition) is 1. The number of nitrogens with zero attached hydrogens (tertiary/aromatic N) is 3. The number of aryl methyl sites for hydroxylation is 1. The van der Waals surface area contributed by atoms with Crippen LogP contribution < -0.4 is 5.32 Å². The van der Waals surface area contributed by atoms with E-state index < -0.39 is 15.9 Å². The number of amides is 1. The molecule has 0 bridgehead atoms. The summed E-state index contributed by atoms with van der Waals surface area (Å²) in [5, 5.41) is 2.76. The average molecular weight is 384 g/mol. The van der Waals surface area contributed by atoms with Crippen LogP contribution in [0.3, 0.4) is 0 Å². The molecule has 1 N–H and O–H groups in total. The molecule has 0 unspecified atom stereocenters. The minimum absolute atomic E-state index is 0.121. The molecule has 27 heavy (non-hydrogen) atoms. The molecule has 2 aromatic carbocycles. The van der Waals surface area contributed by atoms with Crippen molar-refractivity contribution in [1.29, 1.82) is 0 Å². The van der Waals surface area contributed by atoms with E-state index in [0.717, 1.165) is 15.4 Å². The van der Waals surface area contributed by atoms with Crippen LogP contribution in [-0.4, -0.2) is 42.7 Å². The fraction of sp³-hybridized carbons (Fsp3) is 0.211. The molecule has 1 amide bonds. The number of carbonyl (C=O) groups excluding carboxylic acids is 1. The Hall–Kier alpha value is -2.84. The molecule has 3 aromatic rings. The number of rotatable bonds is 4. The largest absolute Gasteiger partial charge is 0.320 e. The second-order valence-corrected chi connectivity index (χ2v) is 8.55. The first-order valence-electron chi connectivity index (χ1n) is 8.27. The van der Waals surface area contributed by atoms with Gasteiger partial charge in [0.1, 0.15) is 5.69 Å². The molecule has 1 heterocycles. The summed E-state index contributed by atoms with van der Waals surface area (Å²) in [7, 11) is -0.682. The minimum Gasteiger partial charge on any atom is -0.320 e. The summed E-state index contributed by atoms with van der Waals surface area (Å²) in [5.41, 5.74) is 3.44. The highest BCUT2D eigenvalue weighted by atomic mass is 32.2. The van der Waals surface area contributed by atoms with Crippen molar-refractivity contribution in [3.05, 3.63) is 59.4 Å². The van der Waals surface area contributed by atoms with Gasteiger partial charge >= 0.3 is 0 Å². The molecular formula is C19H20N4O3S. The van der Waals surface area contributed by atoms with Crippen molar-refractivity contribution in [2.75, 3.05) is 19.4 Å². The van der Waals surface area contributed by atoms with Crippen LogP contribution in [0.15, 0.2) is 47.5 Å². The van der Waals surface area contributed by atoms with Crippen LogP contribution in [0.25, 0.3) is 11.0 Å². The maximum atomic E-state index is 12.6. The third-order valence-corrected chi connectivity index (χ3v) is 6.14. The maximum Gasteiger partial charge on any atom is 0.275 e. The van der Waals surface area contributed by atoms with Gasteiger partial charge in [-0.15, -0.1) is 0 Å². The first-order chi connectivity index (χ1) is 12.7. The number of aromatic nitrogens is 2. The van der Waals surface area contributed by atoms with Crippen LogP contribution in [0.2, 0.25) is 0 Å². The highest BCUT2D eigenvalue weighted by Crippen LogP contribution is 2.26. The summed E-state index contributed by atoms with van der Waals surface area (Å²) in [5.74, 6) is -0.449. The fourth-order valence-corrected chi connectivity index (χ4v) is 3.58. The molecule has 1 aromatic heterocycles. The molecule has 0 radical (unpaired) electrons. The number of para-hydroxylation sites is 2. The Balaban J connectivity index is 1.98. The second kappa shape index (κ2) is 7.05. The van der Waals surface area contributed by atoms with Crippen LogP contribution in [0, 0.1) is 13.8 Å². The van der Waals surface area contributed by atoms with Gasteiger partial charge in [0.2, 0.25) is 10.0 Å². The highest BCUT2D eigenvalue weighted by molar-refractivity contribution is 7.89. The van der Waals surface area contributed by atoms with E-state index >= 15 is 0 Å². The van der Waals surface area contributed by atoms with Gasteiger partial charge in [-0.2, -0.15) is 0 Å². The Kier molecular flexibility index (Phi) is 4.95. The third-order valence-electron chi connectivity index (χ3n) is 4.35. The number of sulfonamides is 1. The molecule has 0 aliphatic carbocycles. The van der Waals surface area contributed by atoms with Crippen molar-refractivity contribution in [1.82, 2.24) is 14.3 Å². The lowest BCUT2D eigenvalue weighted by Gasteiger charge is -2.16. The van der Waals surface area contributed by atoms with Crippen molar-refractivity contribution in [2.45, 2.75) is 18.7 Å². The first kappa shape index (κ1) is 18.9. The Labute approximate surface area is 158 Å². The zero-order valence-corrected chi connectivity index (χ0v) is 16.3. The summed E-state index contributed by atoms with van der Waals surface area (Å²) >= 11 is 0. The number of nitrogens with one attached hydrogen (secondary N) is 1. The number of fused-ring (bicyclic) bond motifs is 1. The van der Waals surface area contributed by atoms with E-state index in [0.29, 0.717) is 16.7 Å². The molecule has 7 nitrogen and oxygen atoms in total. The Morgan fingerprint density at radius 2 is 1.74 bits per heavy atom. The van der Waals surface area contributed by atoms with E-state index in [1.165, 1.54) is 26.4 Å². The van der Waals surface area contributed by atoms with Gasteiger partial charge in [0.05, 0.1) is 22.1 Å². The maximum absolute atomic E-state index is 12.6. The van der Waals surface area contributed by atoms with E-state index in [2.05, 4.69) is 15.3 Å². The average Bonchev–Trinajstić information content (AvgIpc) is 2.64. The summed E-state index contributed by atoms with van der Waals surface area (Å²) in [6, 6.07) is 10.3. The van der Waals surface area contributed by atoms with Crippen LogP contribution in [0.4, 0.5) is 5.69 Å². The summed E-state index contributed by atoms with van der Waals surface area (Å²) in [6.45, 7) is 3.62. The van der Waals surface area contributed by atoms with E-state index in [9.17, 15) is 13.2 Å². The lowest BCUT2D eigenvalue weighted by atomic mass is 10.1. The van der Waals surface area contributed by atoms with Gasteiger partial charge in [-0.25, -0.2) is 17.7 Å².